The van der Waals surface area contributed by atoms with E-state index in [1.165, 1.54) is 6.20 Å². The number of aromatic nitrogens is 2. The molecule has 0 radical (unpaired) electrons. The third-order valence-electron chi connectivity index (χ3n) is 4.47. The van der Waals surface area contributed by atoms with E-state index >= 15 is 0 Å². The van der Waals surface area contributed by atoms with Gasteiger partial charge >= 0.3 is 0 Å². The summed E-state index contributed by atoms with van der Waals surface area (Å²) < 4.78 is 6.65. The molecule has 5 heteroatoms. The molecular weight excluding hydrogens is 302 g/mol. The minimum atomic E-state index is 0.307. The maximum absolute atomic E-state index is 11.9. The second-order valence-corrected chi connectivity index (χ2v) is 5.98. The molecule has 1 aromatic carbocycles. The van der Waals surface area contributed by atoms with E-state index in [-0.39, 0.29) is 0 Å². The minimum absolute atomic E-state index is 0.307. The number of nitriles is 1. The second kappa shape index (κ2) is 5.82. The summed E-state index contributed by atoms with van der Waals surface area (Å²) in [4.78, 5) is 4.50. The van der Waals surface area contributed by atoms with Gasteiger partial charge in [0.15, 0.2) is 6.20 Å². The molecule has 3 aromatic rings. The van der Waals surface area contributed by atoms with E-state index in [1.807, 2.05) is 18.2 Å². The van der Waals surface area contributed by atoms with Gasteiger partial charge in [0.2, 0.25) is 0 Å². The molecule has 1 atom stereocenters. The van der Waals surface area contributed by atoms with Crippen molar-refractivity contribution in [3.8, 4) is 17.7 Å². The number of aryl methyl sites for hydroxylation is 1. The summed E-state index contributed by atoms with van der Waals surface area (Å²) in [7, 11) is 0. The SMILES string of the molecule is N#Cc1cccc(C2CCc3nc(-c4cccc[n+]4[O-])oc3C2)c1. The molecule has 24 heavy (non-hydrogen) atoms. The highest BCUT2D eigenvalue weighted by atomic mass is 16.5. The lowest BCUT2D eigenvalue weighted by Crippen LogP contribution is -2.27. The zero-order valence-corrected chi connectivity index (χ0v) is 13.0. The van der Waals surface area contributed by atoms with E-state index in [9.17, 15) is 5.21 Å². The molecule has 0 N–H and O–H groups in total. The topological polar surface area (TPSA) is 76.8 Å². The van der Waals surface area contributed by atoms with Crippen LogP contribution >= 0.6 is 0 Å². The quantitative estimate of drug-likeness (QED) is 0.537. The Bertz CT molecular complexity index is 940. The number of hydrogen-bond donors (Lipinski definition) is 0. The maximum Gasteiger partial charge on any atom is 0.294 e. The van der Waals surface area contributed by atoms with Crippen molar-refractivity contribution in [2.75, 3.05) is 0 Å². The number of oxazole rings is 1. The van der Waals surface area contributed by atoms with Crippen molar-refractivity contribution in [1.82, 2.24) is 4.98 Å². The van der Waals surface area contributed by atoms with Crippen LogP contribution in [0.15, 0.2) is 53.1 Å². The van der Waals surface area contributed by atoms with Crippen LogP contribution in [0.2, 0.25) is 0 Å². The van der Waals surface area contributed by atoms with Gasteiger partial charge in [-0.1, -0.05) is 12.1 Å². The highest BCUT2D eigenvalue weighted by Gasteiger charge is 2.27. The van der Waals surface area contributed by atoms with Crippen molar-refractivity contribution in [2.24, 2.45) is 0 Å². The van der Waals surface area contributed by atoms with Gasteiger partial charge in [0.05, 0.1) is 17.3 Å². The Hall–Kier alpha value is -3.13. The van der Waals surface area contributed by atoms with Crippen molar-refractivity contribution in [1.29, 1.82) is 5.26 Å². The molecule has 1 aliphatic rings. The average Bonchev–Trinajstić information content (AvgIpc) is 3.05. The molecule has 0 spiro atoms. The lowest BCUT2D eigenvalue weighted by molar-refractivity contribution is -0.594. The van der Waals surface area contributed by atoms with Crippen LogP contribution in [0.3, 0.4) is 0 Å². The molecule has 0 bridgehead atoms. The number of hydrogen-bond acceptors (Lipinski definition) is 4. The molecular formula is C19H15N3O2. The fourth-order valence-corrected chi connectivity index (χ4v) is 3.23. The van der Waals surface area contributed by atoms with Gasteiger partial charge in [-0.15, -0.1) is 0 Å². The van der Waals surface area contributed by atoms with E-state index in [4.69, 9.17) is 9.68 Å². The normalized spacial score (nSPS) is 16.4. The van der Waals surface area contributed by atoms with Crippen LogP contribution in [0.1, 0.15) is 34.9 Å². The zero-order chi connectivity index (χ0) is 16.5. The van der Waals surface area contributed by atoms with E-state index in [2.05, 4.69) is 17.1 Å². The molecule has 0 fully saturated rings. The first-order chi connectivity index (χ1) is 11.7. The molecule has 118 valence electrons. The average molecular weight is 317 g/mol. The van der Waals surface area contributed by atoms with Gasteiger partial charge in [-0.3, -0.25) is 0 Å². The van der Waals surface area contributed by atoms with Crippen LogP contribution in [0.5, 0.6) is 0 Å². The number of pyridine rings is 1. The van der Waals surface area contributed by atoms with Gasteiger partial charge in [-0.25, -0.2) is 4.98 Å². The second-order valence-electron chi connectivity index (χ2n) is 5.98. The summed E-state index contributed by atoms with van der Waals surface area (Å²) in [5.74, 6) is 1.52. The molecule has 0 saturated heterocycles. The Balaban J connectivity index is 1.64. The molecule has 0 saturated carbocycles. The largest absolute Gasteiger partial charge is 0.618 e. The molecule has 1 unspecified atom stereocenters. The summed E-state index contributed by atoms with van der Waals surface area (Å²) in [5.41, 5.74) is 3.18. The molecule has 4 rings (SSSR count). The summed E-state index contributed by atoms with van der Waals surface area (Å²) in [6, 6.07) is 15.1. The fraction of sp³-hybridized carbons (Fsp3) is 0.211. The highest BCUT2D eigenvalue weighted by molar-refractivity contribution is 5.44. The number of fused-ring (bicyclic) bond motifs is 1. The van der Waals surface area contributed by atoms with Gasteiger partial charge in [-0.05, 0) is 42.5 Å². The molecule has 2 heterocycles. The molecule has 0 aliphatic heterocycles. The van der Waals surface area contributed by atoms with Gasteiger partial charge in [0.25, 0.3) is 11.6 Å². The lowest BCUT2D eigenvalue weighted by Gasteiger charge is -2.20. The van der Waals surface area contributed by atoms with Crippen molar-refractivity contribution in [2.45, 2.75) is 25.2 Å². The smallest absolute Gasteiger partial charge is 0.294 e. The summed E-state index contributed by atoms with van der Waals surface area (Å²) in [5, 5.41) is 20.9. The first kappa shape index (κ1) is 14.5. The lowest BCUT2D eigenvalue weighted by atomic mass is 9.84. The minimum Gasteiger partial charge on any atom is -0.618 e. The molecule has 2 aromatic heterocycles. The van der Waals surface area contributed by atoms with Crippen molar-refractivity contribution < 1.29 is 9.15 Å². The Morgan fingerprint density at radius 3 is 3.00 bits per heavy atom. The van der Waals surface area contributed by atoms with E-state index < -0.39 is 0 Å². The predicted molar refractivity (Wildman–Crippen MR) is 86.8 cm³/mol. The molecule has 5 nitrogen and oxygen atoms in total. The van der Waals surface area contributed by atoms with Crippen molar-refractivity contribution >= 4 is 0 Å². The fourth-order valence-electron chi connectivity index (χ4n) is 3.23. The van der Waals surface area contributed by atoms with Crippen LogP contribution in [0.4, 0.5) is 0 Å². The first-order valence-corrected chi connectivity index (χ1v) is 7.92. The highest BCUT2D eigenvalue weighted by Crippen LogP contribution is 2.34. The molecule has 0 amide bonds. The third kappa shape index (κ3) is 2.52. The number of benzene rings is 1. The first-order valence-electron chi connectivity index (χ1n) is 7.92. The van der Waals surface area contributed by atoms with Gasteiger partial charge in [-0.2, -0.15) is 9.99 Å². The van der Waals surface area contributed by atoms with E-state index in [0.717, 1.165) is 41.0 Å². The Morgan fingerprint density at radius 2 is 2.17 bits per heavy atom. The Morgan fingerprint density at radius 1 is 1.25 bits per heavy atom. The third-order valence-corrected chi connectivity index (χ3v) is 4.47. The summed E-state index contributed by atoms with van der Waals surface area (Å²) >= 11 is 0. The number of nitrogens with zero attached hydrogens (tertiary/aromatic N) is 3. The van der Waals surface area contributed by atoms with Crippen LogP contribution in [-0.4, -0.2) is 4.98 Å². The standard InChI is InChI=1S/C19H15N3O2/c20-12-13-4-3-5-14(10-13)15-7-8-16-18(11-15)24-19(21-16)17-6-1-2-9-22(17)23/h1-6,9-10,15H,7-8,11H2. The Kier molecular flexibility index (Phi) is 3.51. The summed E-state index contributed by atoms with van der Waals surface area (Å²) in [6.45, 7) is 0. The van der Waals surface area contributed by atoms with Gasteiger partial charge < -0.3 is 9.62 Å². The van der Waals surface area contributed by atoms with Gasteiger partial charge in [0.1, 0.15) is 5.76 Å². The number of rotatable bonds is 2. The van der Waals surface area contributed by atoms with Crippen molar-refractivity contribution in [3.63, 3.8) is 0 Å². The molecule has 1 aliphatic carbocycles. The summed E-state index contributed by atoms with van der Waals surface area (Å²) in [6.07, 6.45) is 3.95. The zero-order valence-electron chi connectivity index (χ0n) is 13.0. The van der Waals surface area contributed by atoms with E-state index in [1.54, 1.807) is 18.2 Å². The van der Waals surface area contributed by atoms with Crippen LogP contribution in [-0.2, 0) is 12.8 Å². The van der Waals surface area contributed by atoms with Crippen LogP contribution in [0, 0.1) is 16.5 Å². The Labute approximate surface area is 139 Å². The van der Waals surface area contributed by atoms with E-state index in [0.29, 0.717) is 23.1 Å². The van der Waals surface area contributed by atoms with Gasteiger partial charge in [0, 0.05) is 18.6 Å². The monoisotopic (exact) mass is 317 g/mol. The van der Waals surface area contributed by atoms with Crippen LogP contribution in [0.25, 0.3) is 11.6 Å². The van der Waals surface area contributed by atoms with Crippen molar-refractivity contribution in [3.05, 3.63) is 76.4 Å². The maximum atomic E-state index is 11.9. The van der Waals surface area contributed by atoms with Crippen LogP contribution < -0.4 is 4.73 Å². The predicted octanol–water partition coefficient (Wildman–Crippen LogP) is 3.12.